The highest BCUT2D eigenvalue weighted by molar-refractivity contribution is 9.10. The molecule has 0 aliphatic rings. The fourth-order valence-electron chi connectivity index (χ4n) is 3.59. The SMILES string of the molecule is CCc1ccc(C(=O)c2cc(Br)ccc2Cl)cc1.CCc1ccccc1C(=O)c1cc(Br)ccc1Cl. The van der Waals surface area contributed by atoms with Crippen LogP contribution in [-0.4, -0.2) is 11.6 Å². The minimum atomic E-state index is -0.0519. The van der Waals surface area contributed by atoms with Crippen molar-refractivity contribution in [2.75, 3.05) is 0 Å². The summed E-state index contributed by atoms with van der Waals surface area (Å²) in [7, 11) is 0. The Hall–Kier alpha value is -2.24. The zero-order chi connectivity index (χ0) is 26.2. The number of hydrogen-bond donors (Lipinski definition) is 0. The number of carbonyl (C=O) groups excluding carboxylic acids is 2. The first-order valence-electron chi connectivity index (χ1n) is 11.4. The normalized spacial score (nSPS) is 10.4. The van der Waals surface area contributed by atoms with Gasteiger partial charge in [-0.25, -0.2) is 0 Å². The molecule has 0 saturated heterocycles. The van der Waals surface area contributed by atoms with E-state index in [1.54, 1.807) is 24.3 Å². The molecular formula is C30H24Br2Cl2O2. The lowest BCUT2D eigenvalue weighted by atomic mass is 9.97. The smallest absolute Gasteiger partial charge is 0.194 e. The number of aryl methyl sites for hydroxylation is 2. The van der Waals surface area contributed by atoms with Crippen molar-refractivity contribution in [3.63, 3.8) is 0 Å². The van der Waals surface area contributed by atoms with E-state index in [4.69, 9.17) is 23.2 Å². The van der Waals surface area contributed by atoms with Crippen molar-refractivity contribution < 1.29 is 9.59 Å². The molecule has 36 heavy (non-hydrogen) atoms. The fourth-order valence-corrected chi connectivity index (χ4v) is 4.71. The lowest BCUT2D eigenvalue weighted by molar-refractivity contribution is 0.103. The van der Waals surface area contributed by atoms with Crippen molar-refractivity contribution in [1.82, 2.24) is 0 Å². The Morgan fingerprint density at radius 1 is 0.639 bits per heavy atom. The summed E-state index contributed by atoms with van der Waals surface area (Å²) in [6.07, 6.45) is 1.79. The highest BCUT2D eigenvalue weighted by atomic mass is 79.9. The van der Waals surface area contributed by atoms with Crippen LogP contribution in [0.25, 0.3) is 0 Å². The minimum absolute atomic E-state index is 0.0289. The largest absolute Gasteiger partial charge is 0.289 e. The zero-order valence-electron chi connectivity index (χ0n) is 19.8. The molecule has 0 atom stereocenters. The van der Waals surface area contributed by atoms with Gasteiger partial charge < -0.3 is 0 Å². The van der Waals surface area contributed by atoms with Gasteiger partial charge in [-0.15, -0.1) is 0 Å². The van der Waals surface area contributed by atoms with E-state index in [0.29, 0.717) is 26.7 Å². The predicted octanol–water partition coefficient (Wildman–Crippen LogP) is 9.79. The molecule has 0 amide bonds. The summed E-state index contributed by atoms with van der Waals surface area (Å²) in [5.41, 5.74) is 4.69. The summed E-state index contributed by atoms with van der Waals surface area (Å²) in [6.45, 7) is 4.12. The maximum absolute atomic E-state index is 12.5. The fraction of sp³-hybridized carbons (Fsp3) is 0.133. The molecular weight excluding hydrogens is 623 g/mol. The molecule has 6 heteroatoms. The second-order valence-corrected chi connectivity index (χ2v) is 10.6. The van der Waals surface area contributed by atoms with Gasteiger partial charge in [-0.3, -0.25) is 9.59 Å². The molecule has 4 aromatic carbocycles. The van der Waals surface area contributed by atoms with Gasteiger partial charge in [-0.2, -0.15) is 0 Å². The Kier molecular flexibility index (Phi) is 10.5. The quantitative estimate of drug-likeness (QED) is 0.195. The van der Waals surface area contributed by atoms with Crippen LogP contribution in [0.5, 0.6) is 0 Å². The Labute approximate surface area is 238 Å². The second-order valence-electron chi connectivity index (χ2n) is 7.97. The molecule has 0 N–H and O–H groups in total. The van der Waals surface area contributed by atoms with Crippen LogP contribution in [0.1, 0.15) is 56.8 Å². The first kappa shape index (κ1) is 28.3. The maximum atomic E-state index is 12.5. The Balaban J connectivity index is 0.000000201. The van der Waals surface area contributed by atoms with Gasteiger partial charge in [0.15, 0.2) is 11.6 Å². The van der Waals surface area contributed by atoms with E-state index in [2.05, 4.69) is 38.8 Å². The van der Waals surface area contributed by atoms with E-state index in [-0.39, 0.29) is 11.6 Å². The average molecular weight is 647 g/mol. The standard InChI is InChI=1S/2C15H12BrClO/c1-2-10-3-5-11(6-4-10)15(18)13-9-12(16)7-8-14(13)17;1-2-10-5-3-4-6-12(10)15(18)13-9-11(16)7-8-14(13)17/h2*3-9H,2H2,1H3. The van der Waals surface area contributed by atoms with Gasteiger partial charge in [-0.05, 0) is 60.4 Å². The van der Waals surface area contributed by atoms with E-state index in [1.165, 1.54) is 5.56 Å². The molecule has 4 aromatic rings. The summed E-state index contributed by atoms with van der Waals surface area (Å²) in [5.74, 6) is -0.0808. The van der Waals surface area contributed by atoms with Crippen molar-refractivity contribution in [1.29, 1.82) is 0 Å². The van der Waals surface area contributed by atoms with Gasteiger partial charge in [0.05, 0.1) is 10.0 Å². The van der Waals surface area contributed by atoms with Crippen LogP contribution in [0, 0.1) is 0 Å². The van der Waals surface area contributed by atoms with Gasteiger partial charge in [0.25, 0.3) is 0 Å². The minimum Gasteiger partial charge on any atom is -0.289 e. The first-order valence-corrected chi connectivity index (χ1v) is 13.8. The van der Waals surface area contributed by atoms with E-state index in [9.17, 15) is 9.59 Å². The summed E-state index contributed by atoms with van der Waals surface area (Å²) >= 11 is 18.9. The average Bonchev–Trinajstić information content (AvgIpc) is 2.91. The molecule has 0 radical (unpaired) electrons. The van der Waals surface area contributed by atoms with Gasteiger partial charge in [-0.1, -0.05) is 117 Å². The van der Waals surface area contributed by atoms with Crippen LogP contribution >= 0.6 is 55.1 Å². The first-order chi connectivity index (χ1) is 17.2. The Morgan fingerprint density at radius 3 is 1.69 bits per heavy atom. The number of rotatable bonds is 6. The van der Waals surface area contributed by atoms with Crippen LogP contribution in [-0.2, 0) is 12.8 Å². The predicted molar refractivity (Wildman–Crippen MR) is 157 cm³/mol. The molecule has 0 fully saturated rings. The van der Waals surface area contributed by atoms with Gasteiger partial charge >= 0.3 is 0 Å². The molecule has 0 spiro atoms. The van der Waals surface area contributed by atoms with E-state index < -0.39 is 0 Å². The third kappa shape index (κ3) is 7.17. The summed E-state index contributed by atoms with van der Waals surface area (Å²) in [4.78, 5) is 24.8. The van der Waals surface area contributed by atoms with Crippen LogP contribution < -0.4 is 0 Å². The molecule has 0 aromatic heterocycles. The Bertz CT molecular complexity index is 1380. The number of halogens is 4. The highest BCUT2D eigenvalue weighted by Gasteiger charge is 2.16. The van der Waals surface area contributed by atoms with Gasteiger partial charge in [0.2, 0.25) is 0 Å². The summed E-state index contributed by atoms with van der Waals surface area (Å²) < 4.78 is 1.70. The van der Waals surface area contributed by atoms with Crippen molar-refractivity contribution in [3.8, 4) is 0 Å². The Morgan fingerprint density at radius 2 is 1.17 bits per heavy atom. The van der Waals surface area contributed by atoms with Gasteiger partial charge in [0.1, 0.15) is 0 Å². The van der Waals surface area contributed by atoms with E-state index in [0.717, 1.165) is 32.9 Å². The third-order valence-corrected chi connectivity index (χ3v) is 7.26. The number of hydrogen-bond acceptors (Lipinski definition) is 2. The maximum Gasteiger partial charge on any atom is 0.194 e. The number of ketones is 2. The van der Waals surface area contributed by atoms with Crippen LogP contribution in [0.3, 0.4) is 0 Å². The molecule has 0 saturated carbocycles. The molecule has 184 valence electrons. The molecule has 0 bridgehead atoms. The highest BCUT2D eigenvalue weighted by Crippen LogP contribution is 2.26. The molecule has 4 rings (SSSR count). The topological polar surface area (TPSA) is 34.1 Å². The molecule has 0 heterocycles. The van der Waals surface area contributed by atoms with Crippen LogP contribution in [0.4, 0.5) is 0 Å². The van der Waals surface area contributed by atoms with Gasteiger partial charge in [0, 0.05) is 31.2 Å². The number of carbonyl (C=O) groups is 2. The number of benzene rings is 4. The van der Waals surface area contributed by atoms with E-state index in [1.807, 2.05) is 67.6 Å². The molecule has 0 aliphatic heterocycles. The second kappa shape index (κ2) is 13.3. The van der Waals surface area contributed by atoms with E-state index >= 15 is 0 Å². The molecule has 0 unspecified atom stereocenters. The van der Waals surface area contributed by atoms with Crippen LogP contribution in [0.15, 0.2) is 93.9 Å². The van der Waals surface area contributed by atoms with Crippen LogP contribution in [0.2, 0.25) is 10.0 Å². The van der Waals surface area contributed by atoms with Crippen molar-refractivity contribution >= 4 is 66.6 Å². The lowest BCUT2D eigenvalue weighted by Crippen LogP contribution is -2.05. The zero-order valence-corrected chi connectivity index (χ0v) is 24.5. The molecule has 0 aliphatic carbocycles. The lowest BCUT2D eigenvalue weighted by Gasteiger charge is -2.08. The summed E-state index contributed by atoms with van der Waals surface area (Å²) in [6, 6.07) is 25.9. The van der Waals surface area contributed by atoms with Crippen molar-refractivity contribution in [2.24, 2.45) is 0 Å². The van der Waals surface area contributed by atoms with Crippen molar-refractivity contribution in [2.45, 2.75) is 26.7 Å². The van der Waals surface area contributed by atoms with Crippen molar-refractivity contribution in [3.05, 3.63) is 137 Å². The third-order valence-electron chi connectivity index (χ3n) is 5.61. The molecule has 2 nitrogen and oxygen atoms in total. The summed E-state index contributed by atoms with van der Waals surface area (Å²) in [5, 5.41) is 0.955. The monoisotopic (exact) mass is 644 g/mol.